The highest BCUT2D eigenvalue weighted by Crippen LogP contribution is 2.46. The lowest BCUT2D eigenvalue weighted by Gasteiger charge is -2.34. The Morgan fingerprint density at radius 2 is 2.00 bits per heavy atom. The molecule has 3 atom stereocenters. The molecule has 8 nitrogen and oxygen atoms in total. The summed E-state index contributed by atoms with van der Waals surface area (Å²) in [5.41, 5.74) is 2.49. The highest BCUT2D eigenvalue weighted by molar-refractivity contribution is 5.85. The van der Waals surface area contributed by atoms with Crippen LogP contribution in [0.4, 0.5) is 0 Å². The number of aromatic nitrogens is 1. The van der Waals surface area contributed by atoms with Crippen molar-refractivity contribution in [3.63, 3.8) is 0 Å². The zero-order valence-corrected chi connectivity index (χ0v) is 17.6. The molecule has 0 fully saturated rings. The number of para-hydroxylation sites is 1. The third-order valence-corrected chi connectivity index (χ3v) is 5.74. The molecule has 3 aromatic rings. The number of hydrogen-bond donors (Lipinski definition) is 0. The van der Waals surface area contributed by atoms with Gasteiger partial charge < -0.3 is 18.8 Å². The largest absolute Gasteiger partial charge is 0.497 e. The summed E-state index contributed by atoms with van der Waals surface area (Å²) in [6.07, 6.45) is 0.738. The number of hydrogen-bond acceptors (Lipinski definition) is 6. The maximum absolute atomic E-state index is 12.3. The summed E-state index contributed by atoms with van der Waals surface area (Å²) in [6.45, 7) is 1.90. The summed E-state index contributed by atoms with van der Waals surface area (Å²) >= 11 is 0. The predicted molar refractivity (Wildman–Crippen MR) is 114 cm³/mol. The summed E-state index contributed by atoms with van der Waals surface area (Å²) in [4.78, 5) is 24.2. The molecule has 2 aromatic carbocycles. The summed E-state index contributed by atoms with van der Waals surface area (Å²) < 4.78 is 18.3. The first kappa shape index (κ1) is 20.7. The minimum Gasteiger partial charge on any atom is -0.497 e. The van der Waals surface area contributed by atoms with Crippen molar-refractivity contribution in [2.75, 3.05) is 13.7 Å². The number of rotatable bonds is 6. The van der Waals surface area contributed by atoms with Gasteiger partial charge in [0.1, 0.15) is 11.5 Å². The van der Waals surface area contributed by atoms with Crippen LogP contribution in [0.5, 0.6) is 11.5 Å². The first-order valence-electron chi connectivity index (χ1n) is 10.1. The fourth-order valence-corrected chi connectivity index (χ4v) is 4.41. The van der Waals surface area contributed by atoms with Crippen LogP contribution in [0.2, 0.25) is 0 Å². The number of carbonyl (C=O) groups excluding carboxylic acids is 1. The summed E-state index contributed by atoms with van der Waals surface area (Å²) in [7, 11) is 3.46. The Hall–Kier alpha value is -3.55. The van der Waals surface area contributed by atoms with E-state index in [9.17, 15) is 14.9 Å². The number of nitro groups is 1. The lowest BCUT2D eigenvalue weighted by Crippen LogP contribution is -2.47. The Morgan fingerprint density at radius 1 is 1.23 bits per heavy atom. The maximum atomic E-state index is 12.3. The van der Waals surface area contributed by atoms with Crippen LogP contribution in [0.25, 0.3) is 10.9 Å². The molecule has 4 rings (SSSR count). The minimum absolute atomic E-state index is 0.200. The number of ether oxygens (including phenoxy) is 3. The van der Waals surface area contributed by atoms with Gasteiger partial charge in [0.05, 0.1) is 26.1 Å². The van der Waals surface area contributed by atoms with E-state index >= 15 is 0 Å². The first-order chi connectivity index (χ1) is 14.9. The smallest absolute Gasteiger partial charge is 0.309 e. The SMILES string of the molecule is CCOC(=O)CC1Oc2cc(OC)ccc2C(c2cn(C)c3ccccc23)C1[N+](=O)[O-]. The van der Waals surface area contributed by atoms with E-state index in [2.05, 4.69) is 0 Å². The lowest BCUT2D eigenvalue weighted by molar-refractivity contribution is -0.537. The van der Waals surface area contributed by atoms with Gasteiger partial charge in [0.25, 0.3) is 6.04 Å². The molecule has 1 aliphatic rings. The van der Waals surface area contributed by atoms with Crippen molar-refractivity contribution in [2.45, 2.75) is 31.4 Å². The van der Waals surface area contributed by atoms with Crippen molar-refractivity contribution < 1.29 is 23.9 Å². The van der Waals surface area contributed by atoms with Gasteiger partial charge in [-0.3, -0.25) is 14.9 Å². The fourth-order valence-electron chi connectivity index (χ4n) is 4.41. The van der Waals surface area contributed by atoms with Gasteiger partial charge in [-0.25, -0.2) is 0 Å². The minimum atomic E-state index is -1.16. The number of aryl methyl sites for hydroxylation is 1. The van der Waals surface area contributed by atoms with Gasteiger partial charge in [0.15, 0.2) is 6.10 Å². The zero-order valence-electron chi connectivity index (χ0n) is 17.6. The molecule has 31 heavy (non-hydrogen) atoms. The second-order valence-corrected chi connectivity index (χ2v) is 7.54. The third-order valence-electron chi connectivity index (χ3n) is 5.74. The van der Waals surface area contributed by atoms with Crippen LogP contribution < -0.4 is 9.47 Å². The molecule has 8 heteroatoms. The number of benzene rings is 2. The molecule has 0 spiro atoms. The van der Waals surface area contributed by atoms with Crippen molar-refractivity contribution in [3.8, 4) is 11.5 Å². The molecule has 1 aliphatic heterocycles. The molecule has 1 aromatic heterocycles. The van der Waals surface area contributed by atoms with Crippen molar-refractivity contribution in [2.24, 2.45) is 7.05 Å². The van der Waals surface area contributed by atoms with Gasteiger partial charge in [0.2, 0.25) is 0 Å². The van der Waals surface area contributed by atoms with E-state index in [0.29, 0.717) is 17.1 Å². The van der Waals surface area contributed by atoms with Gasteiger partial charge in [0, 0.05) is 40.7 Å². The van der Waals surface area contributed by atoms with Crippen molar-refractivity contribution in [3.05, 3.63) is 69.9 Å². The van der Waals surface area contributed by atoms with Gasteiger partial charge in [-0.15, -0.1) is 0 Å². The second-order valence-electron chi connectivity index (χ2n) is 7.54. The number of methoxy groups -OCH3 is 1. The van der Waals surface area contributed by atoms with E-state index in [0.717, 1.165) is 16.5 Å². The number of carbonyl (C=O) groups is 1. The topological polar surface area (TPSA) is 92.8 Å². The zero-order chi connectivity index (χ0) is 22.1. The van der Waals surface area contributed by atoms with E-state index in [-0.39, 0.29) is 18.0 Å². The Morgan fingerprint density at radius 3 is 2.71 bits per heavy atom. The third kappa shape index (κ3) is 3.69. The molecule has 0 aliphatic carbocycles. The van der Waals surface area contributed by atoms with Crippen LogP contribution in [0, 0.1) is 10.1 Å². The molecule has 2 heterocycles. The van der Waals surface area contributed by atoms with E-state index in [1.807, 2.05) is 42.1 Å². The molecule has 0 radical (unpaired) electrons. The number of fused-ring (bicyclic) bond motifs is 2. The average Bonchev–Trinajstić information content (AvgIpc) is 3.08. The Bertz CT molecular complexity index is 1140. The Labute approximate surface area is 179 Å². The molecule has 0 bridgehead atoms. The standard InChI is InChI=1S/C23H24N2O6/c1-4-30-21(26)12-20-23(25(27)28)22(16-10-9-14(29-3)11-19(16)31-20)17-13-24(2)18-8-6-5-7-15(17)18/h5-11,13,20,22-23H,4,12H2,1-3H3. The highest BCUT2D eigenvalue weighted by atomic mass is 16.6. The van der Waals surface area contributed by atoms with Crippen LogP contribution in [-0.2, 0) is 16.6 Å². The van der Waals surface area contributed by atoms with Crippen LogP contribution in [0.1, 0.15) is 30.4 Å². The second kappa shape index (κ2) is 8.29. The van der Waals surface area contributed by atoms with Crippen LogP contribution in [-0.4, -0.2) is 41.3 Å². The fraction of sp³-hybridized carbons (Fsp3) is 0.348. The Balaban J connectivity index is 1.91. The monoisotopic (exact) mass is 424 g/mol. The van der Waals surface area contributed by atoms with E-state index < -0.39 is 24.0 Å². The van der Waals surface area contributed by atoms with Gasteiger partial charge in [-0.2, -0.15) is 0 Å². The van der Waals surface area contributed by atoms with Crippen molar-refractivity contribution in [1.82, 2.24) is 4.57 Å². The van der Waals surface area contributed by atoms with E-state index in [1.54, 1.807) is 32.2 Å². The summed E-state index contributed by atoms with van der Waals surface area (Å²) in [6, 6.07) is 11.9. The number of nitrogens with zero attached hydrogens (tertiary/aromatic N) is 2. The molecule has 0 amide bonds. The average molecular weight is 424 g/mol. The molecule has 162 valence electrons. The molecule has 0 N–H and O–H groups in total. The van der Waals surface area contributed by atoms with Gasteiger partial charge >= 0.3 is 5.97 Å². The van der Waals surface area contributed by atoms with Crippen LogP contribution >= 0.6 is 0 Å². The lowest BCUT2D eigenvalue weighted by atomic mass is 9.79. The molecular weight excluding hydrogens is 400 g/mol. The van der Waals surface area contributed by atoms with Crippen molar-refractivity contribution in [1.29, 1.82) is 0 Å². The van der Waals surface area contributed by atoms with E-state index in [1.165, 1.54) is 0 Å². The molecular formula is C23H24N2O6. The normalized spacial score (nSPS) is 20.0. The quantitative estimate of drug-likeness (QED) is 0.340. The van der Waals surface area contributed by atoms with Crippen LogP contribution in [0.3, 0.4) is 0 Å². The molecule has 0 saturated carbocycles. The van der Waals surface area contributed by atoms with E-state index in [4.69, 9.17) is 14.2 Å². The van der Waals surface area contributed by atoms with Crippen molar-refractivity contribution >= 4 is 16.9 Å². The Kier molecular flexibility index (Phi) is 5.54. The molecule has 0 saturated heterocycles. The van der Waals surface area contributed by atoms with Gasteiger partial charge in [-0.05, 0) is 24.6 Å². The summed E-state index contributed by atoms with van der Waals surface area (Å²) in [5, 5.41) is 13.2. The highest BCUT2D eigenvalue weighted by Gasteiger charge is 2.49. The number of esters is 1. The van der Waals surface area contributed by atoms with Gasteiger partial charge in [-0.1, -0.05) is 24.3 Å². The maximum Gasteiger partial charge on any atom is 0.309 e. The molecule has 3 unspecified atom stereocenters. The predicted octanol–water partition coefficient (Wildman–Crippen LogP) is 3.68. The summed E-state index contributed by atoms with van der Waals surface area (Å²) in [5.74, 6) is -0.0768. The first-order valence-corrected chi connectivity index (χ1v) is 10.1. The van der Waals surface area contributed by atoms with Crippen LogP contribution in [0.15, 0.2) is 48.7 Å².